The Balaban J connectivity index is 2.42. The zero-order valence-electron chi connectivity index (χ0n) is 11.3. The van der Waals surface area contributed by atoms with Gasteiger partial charge in [0.1, 0.15) is 23.3 Å². The zero-order chi connectivity index (χ0) is 14.7. The summed E-state index contributed by atoms with van der Waals surface area (Å²) in [7, 11) is 1.72. The van der Waals surface area contributed by atoms with Crippen molar-refractivity contribution in [2.24, 2.45) is 0 Å². The Hall–Kier alpha value is -2.41. The molecule has 4 heteroatoms. The molecule has 0 aromatic heterocycles. The van der Waals surface area contributed by atoms with Gasteiger partial charge in [0.2, 0.25) is 0 Å². The molecule has 102 valence electrons. The number of hydrogen-bond donors (Lipinski definition) is 0. The van der Waals surface area contributed by atoms with E-state index in [4.69, 9.17) is 5.26 Å². The molecule has 0 aliphatic carbocycles. The van der Waals surface area contributed by atoms with Crippen LogP contribution < -0.4 is 4.90 Å². The minimum atomic E-state index is -0.572. The van der Waals surface area contributed by atoms with Crippen LogP contribution in [0.15, 0.2) is 42.5 Å². The first kappa shape index (κ1) is 14.0. The van der Waals surface area contributed by atoms with Crippen molar-refractivity contribution < 1.29 is 8.78 Å². The van der Waals surface area contributed by atoms with Gasteiger partial charge in [0.15, 0.2) is 0 Å². The molecule has 0 saturated heterocycles. The molecule has 2 nitrogen and oxygen atoms in total. The van der Waals surface area contributed by atoms with E-state index in [9.17, 15) is 8.78 Å². The van der Waals surface area contributed by atoms with Gasteiger partial charge in [-0.15, -0.1) is 0 Å². The SMILES string of the molecule is CC(c1ccccc1F)N(C)c1cccc(F)c1C#N. The summed E-state index contributed by atoms with van der Waals surface area (Å²) < 4.78 is 27.4. The second-order valence-electron chi connectivity index (χ2n) is 4.55. The second-order valence-corrected chi connectivity index (χ2v) is 4.55. The van der Waals surface area contributed by atoms with E-state index in [1.165, 1.54) is 18.2 Å². The molecule has 0 bridgehead atoms. The van der Waals surface area contributed by atoms with E-state index in [2.05, 4.69) is 0 Å². The molecule has 20 heavy (non-hydrogen) atoms. The predicted octanol–water partition coefficient (Wildman–Crippen LogP) is 4.03. The van der Waals surface area contributed by atoms with Crippen LogP contribution in [-0.2, 0) is 0 Å². The van der Waals surface area contributed by atoms with Crippen LogP contribution in [-0.4, -0.2) is 7.05 Å². The molecule has 1 unspecified atom stereocenters. The van der Waals surface area contributed by atoms with Crippen molar-refractivity contribution in [3.8, 4) is 6.07 Å². The summed E-state index contributed by atoms with van der Waals surface area (Å²) >= 11 is 0. The minimum absolute atomic E-state index is 0.0295. The van der Waals surface area contributed by atoms with Crippen LogP contribution in [0, 0.1) is 23.0 Å². The summed E-state index contributed by atoms with van der Waals surface area (Å²) in [5.74, 6) is -0.889. The number of nitrogens with zero attached hydrogens (tertiary/aromatic N) is 2. The third-order valence-electron chi connectivity index (χ3n) is 3.42. The summed E-state index contributed by atoms with van der Waals surface area (Å²) in [6.07, 6.45) is 0. The molecular formula is C16H14F2N2. The summed E-state index contributed by atoms with van der Waals surface area (Å²) in [5, 5.41) is 9.06. The van der Waals surface area contributed by atoms with Crippen LogP contribution in [0.1, 0.15) is 24.1 Å². The van der Waals surface area contributed by atoms with E-state index in [0.29, 0.717) is 11.3 Å². The topological polar surface area (TPSA) is 27.0 Å². The van der Waals surface area contributed by atoms with E-state index in [-0.39, 0.29) is 17.4 Å². The van der Waals surface area contributed by atoms with Crippen LogP contribution in [0.4, 0.5) is 14.5 Å². The Bertz CT molecular complexity index is 662. The Kier molecular flexibility index (Phi) is 3.99. The molecule has 0 radical (unpaired) electrons. The highest BCUT2D eigenvalue weighted by Gasteiger charge is 2.19. The van der Waals surface area contributed by atoms with Crippen LogP contribution in [0.2, 0.25) is 0 Å². The lowest BCUT2D eigenvalue weighted by molar-refractivity contribution is 0.584. The van der Waals surface area contributed by atoms with Crippen LogP contribution >= 0.6 is 0 Å². The van der Waals surface area contributed by atoms with Crippen molar-refractivity contribution in [2.45, 2.75) is 13.0 Å². The van der Waals surface area contributed by atoms with Crippen LogP contribution in [0.5, 0.6) is 0 Å². The largest absolute Gasteiger partial charge is 0.367 e. The lowest BCUT2D eigenvalue weighted by atomic mass is 10.0. The maximum Gasteiger partial charge on any atom is 0.143 e. The third kappa shape index (κ3) is 2.48. The van der Waals surface area contributed by atoms with E-state index in [1.54, 1.807) is 36.2 Å². The maximum absolute atomic E-state index is 13.8. The molecule has 0 N–H and O–H groups in total. The average molecular weight is 272 g/mol. The van der Waals surface area contributed by atoms with Gasteiger partial charge in [-0.3, -0.25) is 0 Å². The summed E-state index contributed by atoms with van der Waals surface area (Å²) in [5.41, 5.74) is 0.921. The second kappa shape index (κ2) is 5.70. The van der Waals surface area contributed by atoms with Crippen molar-refractivity contribution in [3.05, 3.63) is 65.2 Å². The summed E-state index contributed by atoms with van der Waals surface area (Å²) in [4.78, 5) is 1.69. The van der Waals surface area contributed by atoms with Crippen LogP contribution in [0.25, 0.3) is 0 Å². The van der Waals surface area contributed by atoms with Gasteiger partial charge in [-0.25, -0.2) is 8.78 Å². The standard InChI is InChI=1S/C16H14F2N2/c1-11(12-6-3-4-7-14(12)17)20(2)16-9-5-8-15(18)13(16)10-19/h3-9,11H,1-2H3. The molecule has 2 aromatic carbocycles. The van der Waals surface area contributed by atoms with Crippen molar-refractivity contribution in [3.63, 3.8) is 0 Å². The molecule has 0 amide bonds. The van der Waals surface area contributed by atoms with Crippen molar-refractivity contribution >= 4 is 5.69 Å². The number of benzene rings is 2. The lowest BCUT2D eigenvalue weighted by Gasteiger charge is -2.28. The van der Waals surface area contributed by atoms with Gasteiger partial charge in [0.25, 0.3) is 0 Å². The van der Waals surface area contributed by atoms with E-state index in [0.717, 1.165) is 0 Å². The highest BCUT2D eigenvalue weighted by atomic mass is 19.1. The number of hydrogen-bond acceptors (Lipinski definition) is 2. The first-order valence-corrected chi connectivity index (χ1v) is 6.22. The highest BCUT2D eigenvalue weighted by molar-refractivity contribution is 5.60. The van der Waals surface area contributed by atoms with E-state index < -0.39 is 5.82 Å². The Morgan fingerprint density at radius 3 is 2.35 bits per heavy atom. The summed E-state index contributed by atoms with van der Waals surface area (Å²) in [6, 6.07) is 12.4. The fourth-order valence-corrected chi connectivity index (χ4v) is 2.15. The van der Waals surface area contributed by atoms with Gasteiger partial charge < -0.3 is 4.90 Å². The fourth-order valence-electron chi connectivity index (χ4n) is 2.15. The Labute approximate surface area is 116 Å². The van der Waals surface area contributed by atoms with Gasteiger partial charge in [-0.2, -0.15) is 5.26 Å². The highest BCUT2D eigenvalue weighted by Crippen LogP contribution is 2.30. The average Bonchev–Trinajstić information content (AvgIpc) is 2.46. The van der Waals surface area contributed by atoms with E-state index >= 15 is 0 Å². The lowest BCUT2D eigenvalue weighted by Crippen LogP contribution is -2.23. The fraction of sp³-hybridized carbons (Fsp3) is 0.188. The van der Waals surface area contributed by atoms with Gasteiger partial charge in [-0.1, -0.05) is 24.3 Å². The third-order valence-corrected chi connectivity index (χ3v) is 3.42. The molecule has 0 saturated carbocycles. The smallest absolute Gasteiger partial charge is 0.143 e. The molecule has 0 aliphatic heterocycles. The molecular weight excluding hydrogens is 258 g/mol. The molecule has 0 heterocycles. The first-order valence-electron chi connectivity index (χ1n) is 6.22. The zero-order valence-corrected chi connectivity index (χ0v) is 11.3. The van der Waals surface area contributed by atoms with Gasteiger partial charge in [0, 0.05) is 12.6 Å². The van der Waals surface area contributed by atoms with Gasteiger partial charge in [-0.05, 0) is 25.1 Å². The molecule has 1 atom stereocenters. The van der Waals surface area contributed by atoms with Crippen molar-refractivity contribution in [1.82, 2.24) is 0 Å². The van der Waals surface area contributed by atoms with Crippen LogP contribution in [0.3, 0.4) is 0 Å². The minimum Gasteiger partial charge on any atom is -0.367 e. The number of rotatable bonds is 3. The monoisotopic (exact) mass is 272 g/mol. The molecule has 2 aromatic rings. The number of nitriles is 1. The van der Waals surface area contributed by atoms with Gasteiger partial charge >= 0.3 is 0 Å². The normalized spacial score (nSPS) is 11.8. The predicted molar refractivity (Wildman–Crippen MR) is 74.3 cm³/mol. The quantitative estimate of drug-likeness (QED) is 0.843. The molecule has 0 spiro atoms. The van der Waals surface area contributed by atoms with E-state index in [1.807, 2.05) is 13.0 Å². The molecule has 2 rings (SSSR count). The van der Waals surface area contributed by atoms with Crippen molar-refractivity contribution in [1.29, 1.82) is 5.26 Å². The summed E-state index contributed by atoms with van der Waals surface area (Å²) in [6.45, 7) is 1.81. The number of halogens is 2. The number of anilines is 1. The molecule has 0 fully saturated rings. The first-order chi connectivity index (χ1) is 9.56. The molecule has 0 aliphatic rings. The Morgan fingerprint density at radius 1 is 1.05 bits per heavy atom. The Morgan fingerprint density at radius 2 is 1.70 bits per heavy atom. The maximum atomic E-state index is 13.8. The van der Waals surface area contributed by atoms with Gasteiger partial charge in [0.05, 0.1) is 11.7 Å². The van der Waals surface area contributed by atoms with Crippen molar-refractivity contribution in [2.75, 3.05) is 11.9 Å².